The fraction of sp³-hybridized carbons (Fsp3) is 0.471. The fourth-order valence-corrected chi connectivity index (χ4v) is 1.92. The predicted molar refractivity (Wildman–Crippen MR) is 94.4 cm³/mol. The minimum atomic E-state index is -4.50. The number of alkyl halides is 3. The first kappa shape index (κ1) is 22.3. The molecular weight excluding hydrogens is 365 g/mol. The molecule has 27 heavy (non-hydrogen) atoms. The number of halogens is 3. The van der Waals surface area contributed by atoms with Gasteiger partial charge in [0.2, 0.25) is 5.91 Å². The van der Waals surface area contributed by atoms with Crippen LogP contribution in [0.4, 0.5) is 23.7 Å². The Kier molecular flexibility index (Phi) is 8.07. The van der Waals surface area contributed by atoms with Crippen molar-refractivity contribution in [2.24, 2.45) is 5.92 Å². The standard InChI is InChI=1S/C17H23F3N4O3/c1-10(2)7-22-16(27)24-14(25)8-21-13-6-12(5-4-11(13)3)15(26)23-9-17(18,19)20/h4-6,10,21H,7-9H2,1-3H3,(H,23,26)(H2,22,24,25,27). The largest absolute Gasteiger partial charge is 0.405 e. The van der Waals surface area contributed by atoms with Gasteiger partial charge in [-0.3, -0.25) is 14.9 Å². The zero-order chi connectivity index (χ0) is 20.6. The average Bonchev–Trinajstić information content (AvgIpc) is 2.56. The molecule has 0 bridgehead atoms. The van der Waals surface area contributed by atoms with Gasteiger partial charge in [0, 0.05) is 17.8 Å². The van der Waals surface area contributed by atoms with Gasteiger partial charge in [0.25, 0.3) is 5.91 Å². The number of nitrogens with one attached hydrogen (secondary N) is 4. The molecule has 1 rings (SSSR count). The molecule has 0 aliphatic rings. The number of aryl methyl sites for hydroxylation is 1. The normalized spacial score (nSPS) is 11.1. The van der Waals surface area contributed by atoms with E-state index >= 15 is 0 Å². The molecule has 0 aromatic heterocycles. The van der Waals surface area contributed by atoms with Crippen molar-refractivity contribution in [2.45, 2.75) is 26.9 Å². The van der Waals surface area contributed by atoms with Crippen molar-refractivity contribution < 1.29 is 27.6 Å². The Morgan fingerprint density at radius 1 is 1.11 bits per heavy atom. The van der Waals surface area contributed by atoms with E-state index in [9.17, 15) is 27.6 Å². The van der Waals surface area contributed by atoms with Crippen LogP contribution < -0.4 is 21.3 Å². The maximum absolute atomic E-state index is 12.2. The summed E-state index contributed by atoms with van der Waals surface area (Å²) in [6.45, 7) is 4.25. The molecule has 0 saturated carbocycles. The number of carbonyl (C=O) groups is 3. The molecule has 0 saturated heterocycles. The number of benzene rings is 1. The molecule has 0 radical (unpaired) electrons. The smallest absolute Gasteiger partial charge is 0.376 e. The Bertz CT molecular complexity index is 690. The van der Waals surface area contributed by atoms with Crippen LogP contribution in [0.15, 0.2) is 18.2 Å². The van der Waals surface area contributed by atoms with Crippen LogP contribution in [0.25, 0.3) is 0 Å². The van der Waals surface area contributed by atoms with Crippen LogP contribution in [0.3, 0.4) is 0 Å². The van der Waals surface area contributed by atoms with Crippen molar-refractivity contribution in [3.63, 3.8) is 0 Å². The van der Waals surface area contributed by atoms with E-state index in [1.807, 2.05) is 13.8 Å². The number of hydrogen-bond acceptors (Lipinski definition) is 4. The maximum atomic E-state index is 12.2. The maximum Gasteiger partial charge on any atom is 0.405 e. The zero-order valence-electron chi connectivity index (χ0n) is 15.3. The average molecular weight is 388 g/mol. The summed E-state index contributed by atoms with van der Waals surface area (Å²) in [7, 11) is 0. The summed E-state index contributed by atoms with van der Waals surface area (Å²) in [4.78, 5) is 35.1. The molecule has 0 spiro atoms. The fourth-order valence-electron chi connectivity index (χ4n) is 1.92. The lowest BCUT2D eigenvalue weighted by molar-refractivity contribution is -0.123. The Balaban J connectivity index is 2.61. The Labute approximate surface area is 155 Å². The van der Waals surface area contributed by atoms with E-state index in [0.717, 1.165) is 0 Å². The third-order valence-electron chi connectivity index (χ3n) is 3.31. The minimum Gasteiger partial charge on any atom is -0.376 e. The summed E-state index contributed by atoms with van der Waals surface area (Å²) >= 11 is 0. The second-order valence-corrected chi connectivity index (χ2v) is 6.33. The molecule has 0 atom stereocenters. The van der Waals surface area contributed by atoms with Gasteiger partial charge >= 0.3 is 12.2 Å². The van der Waals surface area contributed by atoms with Gasteiger partial charge in [-0.05, 0) is 30.5 Å². The van der Waals surface area contributed by atoms with Gasteiger partial charge < -0.3 is 16.0 Å². The summed E-state index contributed by atoms with van der Waals surface area (Å²) in [6, 6.07) is 3.64. The van der Waals surface area contributed by atoms with Crippen LogP contribution >= 0.6 is 0 Å². The van der Waals surface area contributed by atoms with Gasteiger partial charge in [0.15, 0.2) is 0 Å². The van der Waals surface area contributed by atoms with E-state index < -0.39 is 30.6 Å². The number of amides is 4. The van der Waals surface area contributed by atoms with E-state index in [4.69, 9.17) is 0 Å². The number of urea groups is 1. The highest BCUT2D eigenvalue weighted by molar-refractivity contribution is 5.97. The molecule has 0 aliphatic heterocycles. The first-order valence-electron chi connectivity index (χ1n) is 8.25. The molecule has 1 aromatic rings. The van der Waals surface area contributed by atoms with E-state index in [0.29, 0.717) is 17.8 Å². The summed E-state index contributed by atoms with van der Waals surface area (Å²) in [5, 5.41) is 9.20. The number of hydrogen-bond donors (Lipinski definition) is 4. The van der Waals surface area contributed by atoms with Crippen molar-refractivity contribution in [2.75, 3.05) is 25.0 Å². The van der Waals surface area contributed by atoms with Crippen LogP contribution in [-0.4, -0.2) is 43.7 Å². The first-order chi connectivity index (χ1) is 12.5. The molecule has 4 amide bonds. The zero-order valence-corrected chi connectivity index (χ0v) is 15.3. The Hall–Kier alpha value is -2.78. The van der Waals surface area contributed by atoms with Crippen molar-refractivity contribution in [1.82, 2.24) is 16.0 Å². The molecule has 0 aliphatic carbocycles. The van der Waals surface area contributed by atoms with Crippen LogP contribution in [-0.2, 0) is 4.79 Å². The predicted octanol–water partition coefficient (Wildman–Crippen LogP) is 2.18. The summed E-state index contributed by atoms with van der Waals surface area (Å²) in [5.41, 5.74) is 1.09. The van der Waals surface area contributed by atoms with Crippen molar-refractivity contribution in [3.8, 4) is 0 Å². The van der Waals surface area contributed by atoms with Crippen LogP contribution in [0.2, 0.25) is 0 Å². The Morgan fingerprint density at radius 3 is 2.37 bits per heavy atom. The molecule has 150 valence electrons. The van der Waals surface area contributed by atoms with Crippen LogP contribution in [0.1, 0.15) is 29.8 Å². The molecule has 0 unspecified atom stereocenters. The number of carbonyl (C=O) groups excluding carboxylic acids is 3. The lowest BCUT2D eigenvalue weighted by Crippen LogP contribution is -2.43. The molecule has 7 nitrogen and oxygen atoms in total. The van der Waals surface area contributed by atoms with E-state index in [1.165, 1.54) is 18.2 Å². The minimum absolute atomic E-state index is 0.0161. The van der Waals surface area contributed by atoms with Crippen molar-refractivity contribution in [3.05, 3.63) is 29.3 Å². The topological polar surface area (TPSA) is 99.3 Å². The summed E-state index contributed by atoms with van der Waals surface area (Å²) < 4.78 is 36.6. The summed E-state index contributed by atoms with van der Waals surface area (Å²) in [5.74, 6) is -1.24. The lowest BCUT2D eigenvalue weighted by Gasteiger charge is -2.13. The van der Waals surface area contributed by atoms with Gasteiger partial charge in [-0.25, -0.2) is 4.79 Å². The van der Waals surface area contributed by atoms with Crippen molar-refractivity contribution in [1.29, 1.82) is 0 Å². The number of anilines is 1. The van der Waals surface area contributed by atoms with Crippen molar-refractivity contribution >= 4 is 23.5 Å². The SMILES string of the molecule is Cc1ccc(C(=O)NCC(F)(F)F)cc1NCC(=O)NC(=O)NCC(C)C. The molecule has 0 fully saturated rings. The highest BCUT2D eigenvalue weighted by Gasteiger charge is 2.28. The monoisotopic (exact) mass is 388 g/mol. The summed E-state index contributed by atoms with van der Waals surface area (Å²) in [6.07, 6.45) is -4.50. The molecule has 1 aromatic carbocycles. The third kappa shape index (κ3) is 8.93. The first-order valence-corrected chi connectivity index (χ1v) is 8.25. The van der Waals surface area contributed by atoms with E-state index in [-0.39, 0.29) is 18.0 Å². The molecule has 0 heterocycles. The molecule has 4 N–H and O–H groups in total. The van der Waals surface area contributed by atoms with E-state index in [1.54, 1.807) is 12.2 Å². The quantitative estimate of drug-likeness (QED) is 0.575. The van der Waals surface area contributed by atoms with E-state index in [2.05, 4.69) is 16.0 Å². The van der Waals surface area contributed by atoms with Gasteiger partial charge in [0.1, 0.15) is 6.54 Å². The molecule has 10 heteroatoms. The Morgan fingerprint density at radius 2 is 1.78 bits per heavy atom. The van der Waals surface area contributed by atoms with Gasteiger partial charge in [0.05, 0.1) is 6.54 Å². The van der Waals surface area contributed by atoms with Crippen LogP contribution in [0, 0.1) is 12.8 Å². The second-order valence-electron chi connectivity index (χ2n) is 6.33. The number of imide groups is 1. The van der Waals surface area contributed by atoms with Gasteiger partial charge in [-0.15, -0.1) is 0 Å². The van der Waals surface area contributed by atoms with Gasteiger partial charge in [-0.1, -0.05) is 19.9 Å². The number of rotatable bonds is 7. The van der Waals surface area contributed by atoms with Crippen LogP contribution in [0.5, 0.6) is 0 Å². The molecular formula is C17H23F3N4O3. The lowest BCUT2D eigenvalue weighted by atomic mass is 10.1. The third-order valence-corrected chi connectivity index (χ3v) is 3.31. The highest BCUT2D eigenvalue weighted by Crippen LogP contribution is 2.17. The van der Waals surface area contributed by atoms with Gasteiger partial charge in [-0.2, -0.15) is 13.2 Å². The second kappa shape index (κ2) is 9.79. The highest BCUT2D eigenvalue weighted by atomic mass is 19.4.